The summed E-state index contributed by atoms with van der Waals surface area (Å²) in [5, 5.41) is 14.4. The maximum Gasteiger partial charge on any atom is 0.429 e. The quantitative estimate of drug-likeness (QED) is 0.333. The molecule has 0 saturated carbocycles. The summed E-state index contributed by atoms with van der Waals surface area (Å²) in [4.78, 5) is 25.4. The minimum absolute atomic E-state index is 0.0110. The molecule has 2 aromatic heterocycles. The van der Waals surface area contributed by atoms with Crippen LogP contribution in [0, 0.1) is 5.82 Å². The van der Waals surface area contributed by atoms with E-state index in [0.717, 1.165) is 16.3 Å². The smallest absolute Gasteiger partial charge is 0.429 e. The number of sulfonamides is 1. The minimum atomic E-state index is -4.26. The van der Waals surface area contributed by atoms with Crippen molar-refractivity contribution in [1.29, 1.82) is 0 Å². The van der Waals surface area contributed by atoms with Crippen molar-refractivity contribution in [3.05, 3.63) is 83.8 Å². The van der Waals surface area contributed by atoms with E-state index < -0.39 is 33.5 Å². The summed E-state index contributed by atoms with van der Waals surface area (Å²) >= 11 is 0. The van der Waals surface area contributed by atoms with E-state index in [9.17, 15) is 27.5 Å². The normalized spacial score (nSPS) is 11.8. The van der Waals surface area contributed by atoms with Gasteiger partial charge in [0.05, 0.1) is 18.0 Å². The predicted molar refractivity (Wildman–Crippen MR) is 142 cm³/mol. The van der Waals surface area contributed by atoms with Crippen LogP contribution >= 0.6 is 0 Å². The molecule has 2 aromatic carbocycles. The van der Waals surface area contributed by atoms with Crippen molar-refractivity contribution in [3.63, 3.8) is 0 Å². The van der Waals surface area contributed by atoms with Gasteiger partial charge in [0.1, 0.15) is 40.7 Å². The van der Waals surface area contributed by atoms with Crippen molar-refractivity contribution in [2.75, 3.05) is 10.6 Å². The van der Waals surface area contributed by atoms with Crippen molar-refractivity contribution in [2.24, 2.45) is 0 Å². The van der Waals surface area contributed by atoms with E-state index in [1.165, 1.54) is 36.5 Å². The zero-order valence-electron chi connectivity index (χ0n) is 21.6. The molecule has 4 aromatic rings. The number of aromatic nitrogens is 2. The third-order valence-corrected chi connectivity index (χ3v) is 6.40. The lowest BCUT2D eigenvalue weighted by Crippen LogP contribution is -2.40. The second-order valence-corrected chi connectivity index (χ2v) is 11.5. The predicted octanol–water partition coefficient (Wildman–Crippen LogP) is 5.12. The number of carbonyl (C=O) groups excluding carboxylic acids is 1. The van der Waals surface area contributed by atoms with Gasteiger partial charge < -0.3 is 14.6 Å². The van der Waals surface area contributed by atoms with Crippen LogP contribution in [0.1, 0.15) is 36.7 Å². The van der Waals surface area contributed by atoms with Crippen LogP contribution in [-0.4, -0.2) is 47.1 Å². The zero-order chi connectivity index (χ0) is 28.5. The molecule has 0 atom stereocenters. The van der Waals surface area contributed by atoms with Crippen LogP contribution in [0.4, 0.5) is 14.9 Å². The van der Waals surface area contributed by atoms with Gasteiger partial charge in [-0.25, -0.2) is 26.9 Å². The van der Waals surface area contributed by atoms with Crippen LogP contribution in [0.15, 0.2) is 66.9 Å². The zero-order valence-corrected chi connectivity index (χ0v) is 22.4. The highest BCUT2D eigenvalue weighted by molar-refractivity contribution is 7.92. The first-order valence-corrected chi connectivity index (χ1v) is 13.5. The van der Waals surface area contributed by atoms with Gasteiger partial charge in [-0.15, -0.1) is 0 Å². The van der Waals surface area contributed by atoms with Crippen LogP contribution < -0.4 is 9.04 Å². The SMILES string of the molecule is CC(C)(C)OC(=O)N(c1cn2nc(-c3ccc(F)cc3)c(C(=O)O)c2cc1OCc1ccccc1)S(C)(=O)=O. The molecule has 0 radical (unpaired) electrons. The van der Waals surface area contributed by atoms with Gasteiger partial charge in [0.25, 0.3) is 0 Å². The summed E-state index contributed by atoms with van der Waals surface area (Å²) < 4.78 is 52.1. The minimum Gasteiger partial charge on any atom is -0.487 e. The first-order chi connectivity index (χ1) is 18.2. The topological polar surface area (TPSA) is 128 Å². The number of anilines is 1. The Bertz CT molecular complexity index is 1640. The van der Waals surface area contributed by atoms with Crippen LogP contribution in [0.25, 0.3) is 16.8 Å². The van der Waals surface area contributed by atoms with Crippen LogP contribution in [0.5, 0.6) is 5.75 Å². The third kappa shape index (κ3) is 6.17. The molecule has 0 aliphatic carbocycles. The van der Waals surface area contributed by atoms with E-state index in [1.54, 1.807) is 45.0 Å². The van der Waals surface area contributed by atoms with E-state index in [2.05, 4.69) is 5.10 Å². The number of carbonyl (C=O) groups is 2. The highest BCUT2D eigenvalue weighted by atomic mass is 32.2. The van der Waals surface area contributed by atoms with E-state index in [1.807, 2.05) is 6.07 Å². The number of hydrogen-bond acceptors (Lipinski definition) is 7. The first-order valence-electron chi connectivity index (χ1n) is 11.7. The fourth-order valence-electron chi connectivity index (χ4n) is 3.80. The van der Waals surface area contributed by atoms with E-state index >= 15 is 0 Å². The van der Waals surface area contributed by atoms with Crippen molar-refractivity contribution >= 4 is 33.3 Å². The number of ether oxygens (including phenoxy) is 2. The highest BCUT2D eigenvalue weighted by Crippen LogP contribution is 2.36. The number of amides is 1. The highest BCUT2D eigenvalue weighted by Gasteiger charge is 2.34. The molecule has 1 N–H and O–H groups in total. The van der Waals surface area contributed by atoms with Gasteiger partial charge in [0.15, 0.2) is 0 Å². The maximum atomic E-state index is 13.5. The number of fused-ring (bicyclic) bond motifs is 1. The Labute approximate surface area is 224 Å². The van der Waals surface area contributed by atoms with Crippen molar-refractivity contribution in [1.82, 2.24) is 9.61 Å². The number of pyridine rings is 1. The summed E-state index contributed by atoms with van der Waals surface area (Å²) in [6, 6.07) is 15.4. The third-order valence-electron chi connectivity index (χ3n) is 5.39. The Morgan fingerprint density at radius 1 is 1.08 bits per heavy atom. The molecular formula is C27H26FN3O7S. The number of benzene rings is 2. The van der Waals surface area contributed by atoms with Gasteiger partial charge in [-0.1, -0.05) is 30.3 Å². The molecule has 12 heteroatoms. The molecule has 39 heavy (non-hydrogen) atoms. The molecule has 1 amide bonds. The lowest BCUT2D eigenvalue weighted by molar-refractivity contribution is 0.0606. The maximum absolute atomic E-state index is 13.5. The van der Waals surface area contributed by atoms with Crippen molar-refractivity contribution in [3.8, 4) is 17.0 Å². The molecule has 0 saturated heterocycles. The molecule has 0 fully saturated rings. The molecule has 0 unspecified atom stereocenters. The second-order valence-electron chi connectivity index (χ2n) is 9.67. The lowest BCUT2D eigenvalue weighted by Gasteiger charge is -2.27. The molecule has 10 nitrogen and oxygen atoms in total. The average molecular weight is 556 g/mol. The van der Waals surface area contributed by atoms with Gasteiger partial charge in [0.2, 0.25) is 10.0 Å². The van der Waals surface area contributed by atoms with E-state index in [0.29, 0.717) is 9.87 Å². The number of carboxylic acid groups (broad SMARTS) is 1. The Hall–Kier alpha value is -4.45. The van der Waals surface area contributed by atoms with Crippen LogP contribution in [0.2, 0.25) is 0 Å². The van der Waals surface area contributed by atoms with E-state index in [-0.39, 0.29) is 34.8 Å². The van der Waals surface area contributed by atoms with Crippen molar-refractivity contribution in [2.45, 2.75) is 33.0 Å². The number of nitrogens with zero attached hydrogens (tertiary/aromatic N) is 3. The van der Waals surface area contributed by atoms with Crippen LogP contribution in [-0.2, 0) is 21.4 Å². The summed E-state index contributed by atoms with van der Waals surface area (Å²) in [5.41, 5.74) is -0.347. The number of hydrogen-bond donors (Lipinski definition) is 1. The Balaban J connectivity index is 1.96. The number of carboxylic acids is 1. The standard InChI is InChI=1S/C27H26FN3O7S/c1-27(2,3)38-26(34)31(39(4,35)36)21-15-30-20(14-22(21)37-16-17-8-6-5-7-9-17)23(25(32)33)24(29-30)18-10-12-19(28)13-11-18/h5-15H,16H2,1-4H3,(H,32,33). The van der Waals surface area contributed by atoms with Gasteiger partial charge in [-0.05, 0) is 50.6 Å². The first kappa shape index (κ1) is 27.6. The van der Waals surface area contributed by atoms with Gasteiger partial charge >= 0.3 is 12.1 Å². The van der Waals surface area contributed by atoms with Gasteiger partial charge in [-0.3, -0.25) is 0 Å². The molecular weight excluding hydrogens is 529 g/mol. The molecule has 0 bridgehead atoms. The number of halogens is 1. The molecule has 2 heterocycles. The summed E-state index contributed by atoms with van der Waals surface area (Å²) in [7, 11) is -4.26. The number of aromatic carboxylic acids is 1. The van der Waals surface area contributed by atoms with Crippen LogP contribution in [0.3, 0.4) is 0 Å². The van der Waals surface area contributed by atoms with Gasteiger partial charge in [-0.2, -0.15) is 9.40 Å². The Kier molecular flexibility index (Phi) is 7.33. The lowest BCUT2D eigenvalue weighted by atomic mass is 10.1. The molecule has 204 valence electrons. The molecule has 0 aliphatic heterocycles. The summed E-state index contributed by atoms with van der Waals surface area (Å²) in [5.74, 6) is -1.94. The largest absolute Gasteiger partial charge is 0.487 e. The fraction of sp³-hybridized carbons (Fsp3) is 0.222. The van der Waals surface area contributed by atoms with Crippen molar-refractivity contribution < 1.29 is 37.0 Å². The number of rotatable bonds is 7. The fourth-order valence-corrected chi connectivity index (χ4v) is 4.60. The monoisotopic (exact) mass is 555 g/mol. The second kappa shape index (κ2) is 10.4. The Morgan fingerprint density at radius 2 is 1.72 bits per heavy atom. The summed E-state index contributed by atoms with van der Waals surface area (Å²) in [6.45, 7) is 4.74. The Morgan fingerprint density at radius 3 is 2.28 bits per heavy atom. The molecule has 0 aliphatic rings. The van der Waals surface area contributed by atoms with Gasteiger partial charge in [0, 0.05) is 11.6 Å². The molecule has 4 rings (SSSR count). The summed E-state index contributed by atoms with van der Waals surface area (Å²) in [6.07, 6.45) is 0.830. The average Bonchev–Trinajstić information content (AvgIpc) is 3.20. The van der Waals surface area contributed by atoms with E-state index in [4.69, 9.17) is 9.47 Å². The molecule has 0 spiro atoms.